The van der Waals surface area contributed by atoms with Gasteiger partial charge >= 0.3 is 16.4 Å². The summed E-state index contributed by atoms with van der Waals surface area (Å²) in [6.45, 7) is 7.18. The molecule has 2 aromatic rings. The van der Waals surface area contributed by atoms with Crippen molar-refractivity contribution in [3.8, 4) is 11.5 Å². The van der Waals surface area contributed by atoms with Crippen LogP contribution in [0, 0.1) is 11.3 Å². The molecule has 290 valence electrons. The Morgan fingerprint density at radius 2 is 1.75 bits per heavy atom. The predicted molar refractivity (Wildman–Crippen MR) is 193 cm³/mol. The monoisotopic (exact) mass is 777 g/mol. The second kappa shape index (κ2) is 15.1. The van der Waals surface area contributed by atoms with E-state index < -0.39 is 69.4 Å². The van der Waals surface area contributed by atoms with Crippen molar-refractivity contribution in [2.75, 3.05) is 13.7 Å². The first kappa shape index (κ1) is 38.8. The minimum atomic E-state index is -4.40. The highest BCUT2D eigenvalue weighted by Crippen LogP contribution is 2.47. The lowest BCUT2D eigenvalue weighted by atomic mass is 9.85. The molecule has 6 rings (SSSR count). The minimum absolute atomic E-state index is 0.0201. The van der Waals surface area contributed by atoms with Crippen LogP contribution in [0.3, 0.4) is 0 Å². The lowest BCUT2D eigenvalue weighted by Gasteiger charge is -2.35. The topological polar surface area (TPSA) is 192 Å². The lowest BCUT2D eigenvalue weighted by Crippen LogP contribution is -2.60. The second-order valence-electron chi connectivity index (χ2n) is 15.5. The SMILES string of the molecule is CCC1C[C@]1(NC(=O)C1C[C@@H](Oc2ccnc3c(Cl)c(OC)ccc23)CN1C(=O)C(NC(=O)OC1CCCC1)C(C)(C)C)C(=O)NS(=O)(=O)OC1CC1. The van der Waals surface area contributed by atoms with Crippen molar-refractivity contribution >= 4 is 56.6 Å². The molecule has 3 aliphatic carbocycles. The Hall–Kier alpha value is -3.89. The van der Waals surface area contributed by atoms with E-state index in [0.717, 1.165) is 25.7 Å². The fourth-order valence-electron chi connectivity index (χ4n) is 7.26. The minimum Gasteiger partial charge on any atom is -0.495 e. The molecule has 53 heavy (non-hydrogen) atoms. The third-order valence-electron chi connectivity index (χ3n) is 10.4. The van der Waals surface area contributed by atoms with E-state index in [1.54, 1.807) is 39.0 Å². The van der Waals surface area contributed by atoms with Gasteiger partial charge in [0, 0.05) is 18.0 Å². The maximum atomic E-state index is 14.5. The Labute approximate surface area is 314 Å². The number of hydrogen-bond donors (Lipinski definition) is 3. The number of nitrogens with one attached hydrogen (secondary N) is 3. The van der Waals surface area contributed by atoms with E-state index >= 15 is 0 Å². The summed E-state index contributed by atoms with van der Waals surface area (Å²) in [4.78, 5) is 61.2. The number of ether oxygens (including phenoxy) is 3. The number of hydrogen-bond acceptors (Lipinski definition) is 11. The van der Waals surface area contributed by atoms with Gasteiger partial charge in [-0.3, -0.25) is 23.6 Å². The van der Waals surface area contributed by atoms with Gasteiger partial charge in [0.05, 0.1) is 25.3 Å². The standard InChI is InChI=1S/C36H48ClN5O10S/c1-6-20-18-36(20,33(45)41-53(47,48)52-22-11-12-22)40-31(43)25-17-23(50-26-15-16-38-29-24(26)13-14-27(49-5)28(29)37)19-42(25)32(44)30(35(2,3)4)39-34(46)51-21-9-7-8-10-21/h13-16,20-23,25,30H,6-12,17-19H2,1-5H3,(H,39,46)(H,40,43)(H,41,45)/t20?,23-,25?,30?,36-/m1/s1. The number of carbonyl (C=O) groups is 4. The second-order valence-corrected chi connectivity index (χ2v) is 17.2. The molecule has 17 heteroatoms. The van der Waals surface area contributed by atoms with Gasteiger partial charge in [0.15, 0.2) is 0 Å². The van der Waals surface area contributed by atoms with Crippen LogP contribution in [0.1, 0.15) is 85.5 Å². The number of likely N-dealkylation sites (tertiary alicyclic amines) is 1. The fraction of sp³-hybridized carbons (Fsp3) is 0.639. The Kier molecular flexibility index (Phi) is 11.1. The fourth-order valence-corrected chi connectivity index (χ4v) is 8.56. The number of carbonyl (C=O) groups excluding carboxylic acids is 4. The molecule has 2 heterocycles. The van der Waals surface area contributed by atoms with Crippen LogP contribution in [0.15, 0.2) is 24.4 Å². The summed E-state index contributed by atoms with van der Waals surface area (Å²) in [6, 6.07) is 2.85. The third kappa shape index (κ3) is 8.59. The highest BCUT2D eigenvalue weighted by molar-refractivity contribution is 7.85. The first-order valence-corrected chi connectivity index (χ1v) is 20.0. The van der Waals surface area contributed by atoms with Crippen molar-refractivity contribution in [3.05, 3.63) is 29.4 Å². The first-order valence-electron chi connectivity index (χ1n) is 18.2. The molecule has 3 saturated carbocycles. The van der Waals surface area contributed by atoms with E-state index in [0.29, 0.717) is 46.7 Å². The van der Waals surface area contributed by atoms with Crippen LogP contribution in [0.25, 0.3) is 10.9 Å². The van der Waals surface area contributed by atoms with Gasteiger partial charge in [-0.05, 0) is 74.5 Å². The number of methoxy groups -OCH3 is 1. The molecule has 0 radical (unpaired) electrons. The number of aromatic nitrogens is 1. The van der Waals surface area contributed by atoms with Gasteiger partial charge < -0.3 is 29.7 Å². The molecule has 3 unspecified atom stereocenters. The predicted octanol–water partition coefficient (Wildman–Crippen LogP) is 4.15. The van der Waals surface area contributed by atoms with E-state index in [-0.39, 0.29) is 31.4 Å². The molecule has 4 fully saturated rings. The molecular formula is C36H48ClN5O10S. The molecule has 4 aliphatic rings. The summed E-state index contributed by atoms with van der Waals surface area (Å²) in [5.74, 6) is -1.61. The molecular weight excluding hydrogens is 730 g/mol. The van der Waals surface area contributed by atoms with Crippen molar-refractivity contribution in [1.82, 2.24) is 25.2 Å². The number of rotatable bonds is 13. The first-order chi connectivity index (χ1) is 25.0. The normalized spacial score (nSPS) is 25.1. The molecule has 15 nitrogen and oxygen atoms in total. The average molecular weight is 778 g/mol. The number of amides is 4. The van der Waals surface area contributed by atoms with E-state index in [4.69, 9.17) is 30.0 Å². The molecule has 3 N–H and O–H groups in total. The zero-order chi connectivity index (χ0) is 38.3. The molecule has 1 aliphatic heterocycles. The molecule has 0 spiro atoms. The van der Waals surface area contributed by atoms with Crippen molar-refractivity contribution < 1.29 is 46.0 Å². The number of pyridine rings is 1. The van der Waals surface area contributed by atoms with Crippen molar-refractivity contribution in [3.63, 3.8) is 0 Å². The van der Waals surface area contributed by atoms with E-state index in [9.17, 15) is 27.6 Å². The van der Waals surface area contributed by atoms with Crippen molar-refractivity contribution in [2.24, 2.45) is 11.3 Å². The summed E-state index contributed by atoms with van der Waals surface area (Å²) in [7, 11) is -2.90. The van der Waals surface area contributed by atoms with Crippen LogP contribution in [0.5, 0.6) is 11.5 Å². The van der Waals surface area contributed by atoms with Crippen LogP contribution in [-0.2, 0) is 33.6 Å². The lowest BCUT2D eigenvalue weighted by molar-refractivity contribution is -0.143. The van der Waals surface area contributed by atoms with Gasteiger partial charge in [-0.1, -0.05) is 45.7 Å². The number of benzene rings is 1. The maximum Gasteiger partial charge on any atom is 0.408 e. The van der Waals surface area contributed by atoms with E-state index in [1.165, 1.54) is 18.2 Å². The van der Waals surface area contributed by atoms with Crippen molar-refractivity contribution in [1.29, 1.82) is 0 Å². The third-order valence-corrected chi connectivity index (χ3v) is 11.8. The zero-order valence-corrected chi connectivity index (χ0v) is 32.2. The van der Waals surface area contributed by atoms with Crippen LogP contribution < -0.4 is 24.8 Å². The van der Waals surface area contributed by atoms with E-state index in [2.05, 4.69) is 15.6 Å². The summed E-state index contributed by atoms with van der Waals surface area (Å²) in [5, 5.41) is 6.46. The smallest absolute Gasteiger partial charge is 0.408 e. The van der Waals surface area contributed by atoms with E-state index in [1.807, 2.05) is 11.6 Å². The number of nitrogens with zero attached hydrogens (tertiary/aromatic N) is 2. The number of alkyl carbamates (subject to hydrolysis) is 1. The largest absolute Gasteiger partial charge is 0.495 e. The quantitative estimate of drug-likeness (QED) is 0.265. The summed E-state index contributed by atoms with van der Waals surface area (Å²) >= 11 is 6.54. The molecule has 1 aromatic carbocycles. The van der Waals surface area contributed by atoms with Crippen LogP contribution in [-0.4, -0.2) is 91.7 Å². The van der Waals surface area contributed by atoms with Gasteiger partial charge in [0.25, 0.3) is 5.91 Å². The molecule has 1 saturated heterocycles. The average Bonchev–Trinajstić information content (AvgIpc) is 3.92. The number of halogens is 1. The Bertz CT molecular complexity index is 1860. The number of fused-ring (bicyclic) bond motifs is 1. The summed E-state index contributed by atoms with van der Waals surface area (Å²) < 4.78 is 49.6. The highest BCUT2D eigenvalue weighted by atomic mass is 35.5. The van der Waals surface area contributed by atoms with Crippen LogP contribution in [0.4, 0.5) is 4.79 Å². The Balaban J connectivity index is 1.27. The molecule has 0 bridgehead atoms. The van der Waals surface area contributed by atoms with Gasteiger partial charge in [-0.25, -0.2) is 9.52 Å². The Morgan fingerprint density at radius 1 is 1.04 bits per heavy atom. The van der Waals surface area contributed by atoms with Gasteiger partial charge in [-0.15, -0.1) is 0 Å². The summed E-state index contributed by atoms with van der Waals surface area (Å²) in [5.41, 5.74) is -1.89. The highest BCUT2D eigenvalue weighted by Gasteiger charge is 2.62. The maximum absolute atomic E-state index is 14.5. The molecule has 1 aromatic heterocycles. The van der Waals surface area contributed by atoms with Crippen LogP contribution in [0.2, 0.25) is 5.02 Å². The van der Waals surface area contributed by atoms with Gasteiger partial charge in [-0.2, -0.15) is 8.42 Å². The summed E-state index contributed by atoms with van der Waals surface area (Å²) in [6.07, 6.45) is 4.64. The van der Waals surface area contributed by atoms with Crippen LogP contribution >= 0.6 is 11.6 Å². The molecule has 4 amide bonds. The molecule has 5 atom stereocenters. The van der Waals surface area contributed by atoms with Gasteiger partial charge in [0.1, 0.15) is 46.4 Å². The zero-order valence-electron chi connectivity index (χ0n) is 30.6. The Morgan fingerprint density at radius 3 is 2.38 bits per heavy atom. The van der Waals surface area contributed by atoms with Gasteiger partial charge in [0.2, 0.25) is 11.8 Å². The van der Waals surface area contributed by atoms with Crippen molar-refractivity contribution in [2.45, 2.75) is 121 Å².